The fraction of sp³-hybridized carbons (Fsp3) is 0.350. The van der Waals surface area contributed by atoms with Gasteiger partial charge in [0.1, 0.15) is 5.82 Å². The van der Waals surface area contributed by atoms with E-state index in [0.29, 0.717) is 13.1 Å². The van der Waals surface area contributed by atoms with Crippen LogP contribution < -0.4 is 10.2 Å². The van der Waals surface area contributed by atoms with Crippen molar-refractivity contribution < 1.29 is 9.18 Å². The number of fused-ring (bicyclic) bond motifs is 1. The fourth-order valence-electron chi connectivity index (χ4n) is 3.26. The van der Waals surface area contributed by atoms with Crippen LogP contribution in [0.15, 0.2) is 48.5 Å². The zero-order valence-electron chi connectivity index (χ0n) is 14.7. The molecule has 1 aliphatic heterocycles. The number of para-hydroxylation sites is 1. The van der Waals surface area contributed by atoms with Crippen molar-refractivity contribution in [2.24, 2.45) is 0 Å². The molecule has 0 radical (unpaired) electrons. The van der Waals surface area contributed by atoms with Crippen molar-refractivity contribution in [1.82, 2.24) is 10.2 Å². The van der Waals surface area contributed by atoms with Gasteiger partial charge in [-0.3, -0.25) is 9.69 Å². The number of amides is 1. The molecule has 2 aromatic carbocycles. The summed E-state index contributed by atoms with van der Waals surface area (Å²) < 4.78 is 12.9. The molecule has 3 rings (SSSR count). The Morgan fingerprint density at radius 2 is 1.92 bits per heavy atom. The number of anilines is 1. The van der Waals surface area contributed by atoms with Crippen LogP contribution in [-0.2, 0) is 17.9 Å². The first-order valence-corrected chi connectivity index (χ1v) is 8.57. The van der Waals surface area contributed by atoms with Gasteiger partial charge in [0.2, 0.25) is 5.91 Å². The monoisotopic (exact) mass is 341 g/mol. The third-order valence-corrected chi connectivity index (χ3v) is 4.69. The molecule has 1 N–H and O–H groups in total. The van der Waals surface area contributed by atoms with Crippen LogP contribution >= 0.6 is 0 Å². The van der Waals surface area contributed by atoms with Gasteiger partial charge in [0.15, 0.2) is 0 Å². The Morgan fingerprint density at radius 3 is 2.68 bits per heavy atom. The smallest absolute Gasteiger partial charge is 0.234 e. The van der Waals surface area contributed by atoms with Gasteiger partial charge >= 0.3 is 0 Å². The van der Waals surface area contributed by atoms with E-state index in [-0.39, 0.29) is 17.8 Å². The van der Waals surface area contributed by atoms with Gasteiger partial charge in [0.05, 0.1) is 6.54 Å². The molecule has 1 atom stereocenters. The van der Waals surface area contributed by atoms with E-state index in [0.717, 1.165) is 18.7 Å². The minimum atomic E-state index is -0.267. The Morgan fingerprint density at radius 1 is 1.20 bits per heavy atom. The fourth-order valence-corrected chi connectivity index (χ4v) is 3.26. The number of carbonyl (C=O) groups excluding carboxylic acids is 1. The number of hydrogen-bond donors (Lipinski definition) is 1. The molecule has 0 saturated carbocycles. The number of nitrogens with one attached hydrogen (secondary N) is 1. The lowest BCUT2D eigenvalue weighted by Gasteiger charge is -2.27. The van der Waals surface area contributed by atoms with Gasteiger partial charge in [-0.05, 0) is 36.2 Å². The van der Waals surface area contributed by atoms with Gasteiger partial charge in [-0.25, -0.2) is 4.39 Å². The Hall–Kier alpha value is -2.40. The maximum atomic E-state index is 12.9. The SMILES string of the molecule is C[C@@H]1CN(C)c2ccccc2CN1CC(=O)NCc1ccc(F)cc1. The van der Waals surface area contributed by atoms with E-state index in [9.17, 15) is 9.18 Å². The van der Waals surface area contributed by atoms with Crippen molar-refractivity contribution in [2.75, 3.05) is 25.0 Å². The van der Waals surface area contributed by atoms with Crippen molar-refractivity contribution in [1.29, 1.82) is 0 Å². The standard InChI is InChI=1S/C20H24FN3O/c1-15-12-23(2)19-6-4-3-5-17(19)13-24(15)14-20(25)22-11-16-7-9-18(21)10-8-16/h3-10,15H,11-14H2,1-2H3,(H,22,25)/t15-/m1/s1. The van der Waals surface area contributed by atoms with Gasteiger partial charge in [-0.2, -0.15) is 0 Å². The largest absolute Gasteiger partial charge is 0.373 e. The molecule has 0 aliphatic carbocycles. The van der Waals surface area contributed by atoms with Crippen LogP contribution in [0, 0.1) is 5.82 Å². The normalized spacial score (nSPS) is 17.7. The van der Waals surface area contributed by atoms with E-state index in [1.165, 1.54) is 23.4 Å². The number of halogens is 1. The number of rotatable bonds is 4. The molecule has 1 heterocycles. The molecular weight excluding hydrogens is 317 g/mol. The van der Waals surface area contributed by atoms with E-state index in [2.05, 4.69) is 41.2 Å². The molecule has 0 aromatic heterocycles. The van der Waals surface area contributed by atoms with E-state index in [1.807, 2.05) is 12.1 Å². The zero-order valence-corrected chi connectivity index (χ0v) is 14.7. The minimum Gasteiger partial charge on any atom is -0.373 e. The van der Waals surface area contributed by atoms with E-state index in [4.69, 9.17) is 0 Å². The molecule has 0 bridgehead atoms. The molecule has 0 spiro atoms. The molecular formula is C20H24FN3O. The summed E-state index contributed by atoms with van der Waals surface area (Å²) in [7, 11) is 2.09. The molecule has 25 heavy (non-hydrogen) atoms. The van der Waals surface area contributed by atoms with Crippen molar-refractivity contribution in [3.63, 3.8) is 0 Å². The molecule has 2 aromatic rings. The van der Waals surface area contributed by atoms with Gasteiger partial charge in [-0.1, -0.05) is 30.3 Å². The van der Waals surface area contributed by atoms with Crippen molar-refractivity contribution in [2.45, 2.75) is 26.1 Å². The lowest BCUT2D eigenvalue weighted by atomic mass is 10.1. The Labute approximate surface area is 148 Å². The third kappa shape index (κ3) is 4.37. The first kappa shape index (κ1) is 17.4. The van der Waals surface area contributed by atoms with Crippen molar-refractivity contribution in [3.8, 4) is 0 Å². The van der Waals surface area contributed by atoms with Crippen molar-refractivity contribution >= 4 is 11.6 Å². The summed E-state index contributed by atoms with van der Waals surface area (Å²) in [5.74, 6) is -0.283. The predicted molar refractivity (Wildman–Crippen MR) is 97.8 cm³/mol. The average molecular weight is 341 g/mol. The van der Waals surface area contributed by atoms with Crippen LogP contribution in [0.1, 0.15) is 18.1 Å². The van der Waals surface area contributed by atoms with Crippen LogP contribution in [0.5, 0.6) is 0 Å². The maximum absolute atomic E-state index is 12.9. The molecule has 1 amide bonds. The highest BCUT2D eigenvalue weighted by atomic mass is 19.1. The van der Waals surface area contributed by atoms with Gasteiger partial charge in [0.25, 0.3) is 0 Å². The second kappa shape index (κ2) is 7.66. The molecule has 0 saturated heterocycles. The number of carbonyl (C=O) groups is 1. The molecule has 1 aliphatic rings. The van der Waals surface area contributed by atoms with E-state index < -0.39 is 0 Å². The summed E-state index contributed by atoms with van der Waals surface area (Å²) in [6.07, 6.45) is 0. The Balaban J connectivity index is 1.61. The first-order valence-electron chi connectivity index (χ1n) is 8.57. The van der Waals surface area contributed by atoms with Crippen LogP contribution in [0.25, 0.3) is 0 Å². The lowest BCUT2D eigenvalue weighted by Crippen LogP contribution is -2.43. The van der Waals surface area contributed by atoms with Crippen molar-refractivity contribution in [3.05, 3.63) is 65.5 Å². The van der Waals surface area contributed by atoms with Gasteiger partial charge < -0.3 is 10.2 Å². The molecule has 0 fully saturated rings. The maximum Gasteiger partial charge on any atom is 0.234 e. The summed E-state index contributed by atoms with van der Waals surface area (Å²) in [5, 5.41) is 2.93. The second-order valence-corrected chi connectivity index (χ2v) is 6.67. The minimum absolute atomic E-state index is 0.0155. The van der Waals surface area contributed by atoms with Crippen LogP contribution in [0.3, 0.4) is 0 Å². The summed E-state index contributed by atoms with van der Waals surface area (Å²) in [6, 6.07) is 14.8. The highest BCUT2D eigenvalue weighted by Gasteiger charge is 2.24. The molecule has 5 heteroatoms. The van der Waals surface area contributed by atoms with E-state index >= 15 is 0 Å². The summed E-state index contributed by atoms with van der Waals surface area (Å²) in [5.41, 5.74) is 3.35. The third-order valence-electron chi connectivity index (χ3n) is 4.69. The zero-order chi connectivity index (χ0) is 17.8. The highest BCUT2D eigenvalue weighted by molar-refractivity contribution is 5.78. The first-order chi connectivity index (χ1) is 12.0. The number of likely N-dealkylation sites (N-methyl/N-ethyl adjacent to an activating group) is 1. The lowest BCUT2D eigenvalue weighted by molar-refractivity contribution is -0.123. The second-order valence-electron chi connectivity index (χ2n) is 6.67. The van der Waals surface area contributed by atoms with Crippen LogP contribution in [0.4, 0.5) is 10.1 Å². The van der Waals surface area contributed by atoms with Gasteiger partial charge in [0, 0.05) is 38.4 Å². The summed E-state index contributed by atoms with van der Waals surface area (Å²) in [4.78, 5) is 16.8. The average Bonchev–Trinajstić information content (AvgIpc) is 2.71. The topological polar surface area (TPSA) is 35.6 Å². The number of benzene rings is 2. The van der Waals surface area contributed by atoms with Crippen LogP contribution in [0.2, 0.25) is 0 Å². The molecule has 4 nitrogen and oxygen atoms in total. The van der Waals surface area contributed by atoms with Gasteiger partial charge in [-0.15, -0.1) is 0 Å². The highest BCUT2D eigenvalue weighted by Crippen LogP contribution is 2.25. The van der Waals surface area contributed by atoms with Crippen LogP contribution in [-0.4, -0.2) is 37.0 Å². The van der Waals surface area contributed by atoms with E-state index in [1.54, 1.807) is 12.1 Å². The molecule has 132 valence electrons. The quantitative estimate of drug-likeness (QED) is 0.929. The Bertz CT molecular complexity index is 732. The summed E-state index contributed by atoms with van der Waals surface area (Å²) >= 11 is 0. The summed E-state index contributed by atoms with van der Waals surface area (Å²) in [6.45, 7) is 4.55. The number of nitrogens with zero attached hydrogens (tertiary/aromatic N) is 2. The number of hydrogen-bond acceptors (Lipinski definition) is 3. The molecule has 0 unspecified atom stereocenters. The Kier molecular flexibility index (Phi) is 5.34. The predicted octanol–water partition coefficient (Wildman–Crippen LogP) is 2.78.